The van der Waals surface area contributed by atoms with Gasteiger partial charge in [0.25, 0.3) is 0 Å². The van der Waals surface area contributed by atoms with Gasteiger partial charge in [-0.05, 0) is 31.9 Å². The summed E-state index contributed by atoms with van der Waals surface area (Å²) in [7, 11) is 0. The van der Waals surface area contributed by atoms with E-state index in [2.05, 4.69) is 4.98 Å². The highest BCUT2D eigenvalue weighted by molar-refractivity contribution is 5.96. The third kappa shape index (κ3) is 3.16. The van der Waals surface area contributed by atoms with E-state index in [1.54, 1.807) is 13.8 Å². The van der Waals surface area contributed by atoms with Gasteiger partial charge >= 0.3 is 18.1 Å². The molecule has 2 rings (SSSR count). The molecule has 0 bridgehead atoms. The van der Waals surface area contributed by atoms with Crippen molar-refractivity contribution in [3.05, 3.63) is 29.6 Å². The first-order valence-electron chi connectivity index (χ1n) is 7.14. The quantitative estimate of drug-likeness (QED) is 0.776. The van der Waals surface area contributed by atoms with Crippen LogP contribution in [-0.4, -0.2) is 30.1 Å². The van der Waals surface area contributed by atoms with Gasteiger partial charge in [0.05, 0.1) is 24.7 Å². The summed E-state index contributed by atoms with van der Waals surface area (Å²) in [5.41, 5.74) is -2.41. The van der Waals surface area contributed by atoms with Crippen LogP contribution in [0.5, 0.6) is 0 Å². The standard InChI is InChI=1S/C15H16F3NO4/c1-3-22-12(20)11-6-14(11,13(21)23-4-2)9-5-10(8-19-7-9)15(16,17)18/h5,7-8,11H,3-4,6H2,1-2H3. The number of nitrogens with zero attached hydrogens (tertiary/aromatic N) is 1. The van der Waals surface area contributed by atoms with E-state index in [4.69, 9.17) is 9.47 Å². The zero-order valence-electron chi connectivity index (χ0n) is 12.6. The number of halogens is 3. The Morgan fingerprint density at radius 3 is 2.48 bits per heavy atom. The van der Waals surface area contributed by atoms with E-state index in [0.717, 1.165) is 12.3 Å². The topological polar surface area (TPSA) is 65.5 Å². The molecule has 0 amide bonds. The van der Waals surface area contributed by atoms with Crippen LogP contribution < -0.4 is 0 Å². The molecule has 1 saturated carbocycles. The predicted molar refractivity (Wildman–Crippen MR) is 72.3 cm³/mol. The lowest BCUT2D eigenvalue weighted by atomic mass is 9.93. The van der Waals surface area contributed by atoms with Gasteiger partial charge in [-0.3, -0.25) is 14.6 Å². The highest BCUT2D eigenvalue weighted by Gasteiger charge is 2.67. The molecule has 0 aromatic carbocycles. The maximum absolute atomic E-state index is 12.9. The molecule has 0 N–H and O–H groups in total. The van der Waals surface area contributed by atoms with Crippen LogP contribution in [0.1, 0.15) is 31.4 Å². The van der Waals surface area contributed by atoms with Gasteiger partial charge in [-0.25, -0.2) is 0 Å². The zero-order valence-corrected chi connectivity index (χ0v) is 12.6. The number of alkyl halides is 3. The molecular weight excluding hydrogens is 315 g/mol. The average molecular weight is 331 g/mol. The molecule has 8 heteroatoms. The zero-order chi connectivity index (χ0) is 17.3. The summed E-state index contributed by atoms with van der Waals surface area (Å²) >= 11 is 0. The molecule has 1 aliphatic rings. The van der Waals surface area contributed by atoms with Crippen LogP contribution >= 0.6 is 0 Å². The molecule has 2 atom stereocenters. The molecule has 1 heterocycles. The minimum absolute atomic E-state index is 0.0174. The molecule has 1 aromatic heterocycles. The maximum atomic E-state index is 12.9. The number of rotatable bonds is 5. The van der Waals surface area contributed by atoms with Gasteiger partial charge in [0, 0.05) is 12.4 Å². The highest BCUT2D eigenvalue weighted by Crippen LogP contribution is 2.56. The summed E-state index contributed by atoms with van der Waals surface area (Å²) in [6.07, 6.45) is -2.71. The molecule has 1 fully saturated rings. The Kier molecular flexibility index (Phi) is 4.63. The number of hydrogen-bond acceptors (Lipinski definition) is 5. The molecule has 0 radical (unpaired) electrons. The summed E-state index contributed by atoms with van der Waals surface area (Å²) in [5.74, 6) is -2.22. The SMILES string of the molecule is CCOC(=O)C1CC1(C(=O)OCC)c1cncc(C(F)(F)F)c1. The first kappa shape index (κ1) is 17.2. The first-order valence-corrected chi connectivity index (χ1v) is 7.14. The highest BCUT2D eigenvalue weighted by atomic mass is 19.4. The van der Waals surface area contributed by atoms with E-state index in [1.807, 2.05) is 0 Å². The van der Waals surface area contributed by atoms with Gasteiger partial charge in [-0.15, -0.1) is 0 Å². The van der Waals surface area contributed by atoms with Crippen molar-refractivity contribution in [2.24, 2.45) is 5.92 Å². The second kappa shape index (κ2) is 6.17. The van der Waals surface area contributed by atoms with Gasteiger partial charge < -0.3 is 9.47 Å². The molecule has 2 unspecified atom stereocenters. The van der Waals surface area contributed by atoms with Crippen molar-refractivity contribution in [1.82, 2.24) is 4.98 Å². The van der Waals surface area contributed by atoms with Crippen molar-refractivity contribution in [3.63, 3.8) is 0 Å². The Morgan fingerprint density at radius 1 is 1.26 bits per heavy atom. The number of pyridine rings is 1. The maximum Gasteiger partial charge on any atom is 0.417 e. The summed E-state index contributed by atoms with van der Waals surface area (Å²) in [4.78, 5) is 27.7. The average Bonchev–Trinajstić information content (AvgIpc) is 3.24. The van der Waals surface area contributed by atoms with E-state index < -0.39 is 35.0 Å². The summed E-state index contributed by atoms with van der Waals surface area (Å²) in [6, 6.07) is 0.836. The molecular formula is C15H16F3NO4. The Morgan fingerprint density at radius 2 is 1.91 bits per heavy atom. The van der Waals surface area contributed by atoms with Crippen LogP contribution in [0, 0.1) is 5.92 Å². The van der Waals surface area contributed by atoms with Crippen molar-refractivity contribution >= 4 is 11.9 Å². The molecule has 1 aromatic rings. The Hall–Kier alpha value is -2.12. The van der Waals surface area contributed by atoms with E-state index in [9.17, 15) is 22.8 Å². The number of carbonyl (C=O) groups excluding carboxylic acids is 2. The minimum atomic E-state index is -4.59. The van der Waals surface area contributed by atoms with Crippen molar-refractivity contribution < 1.29 is 32.2 Å². The van der Waals surface area contributed by atoms with Gasteiger partial charge in [0.1, 0.15) is 5.41 Å². The molecule has 126 valence electrons. The third-order valence-corrected chi connectivity index (χ3v) is 3.75. The van der Waals surface area contributed by atoms with E-state index in [-0.39, 0.29) is 25.2 Å². The number of carbonyl (C=O) groups is 2. The molecule has 1 aliphatic carbocycles. The monoisotopic (exact) mass is 331 g/mol. The van der Waals surface area contributed by atoms with Crippen LogP contribution in [0.4, 0.5) is 13.2 Å². The summed E-state index contributed by atoms with van der Waals surface area (Å²) < 4.78 is 48.4. The van der Waals surface area contributed by atoms with E-state index in [0.29, 0.717) is 6.20 Å². The molecule has 0 aliphatic heterocycles. The smallest absolute Gasteiger partial charge is 0.417 e. The number of ether oxygens (including phenoxy) is 2. The van der Waals surface area contributed by atoms with E-state index >= 15 is 0 Å². The molecule has 5 nitrogen and oxygen atoms in total. The molecule has 0 saturated heterocycles. The first-order chi connectivity index (χ1) is 10.8. The lowest BCUT2D eigenvalue weighted by Gasteiger charge is -2.17. The second-order valence-corrected chi connectivity index (χ2v) is 5.16. The molecule has 0 spiro atoms. The fourth-order valence-electron chi connectivity index (χ4n) is 2.55. The van der Waals surface area contributed by atoms with Crippen LogP contribution in [0.15, 0.2) is 18.5 Å². The Balaban J connectivity index is 2.41. The van der Waals surface area contributed by atoms with Crippen LogP contribution in [-0.2, 0) is 30.7 Å². The van der Waals surface area contributed by atoms with E-state index in [1.165, 1.54) is 0 Å². The fraction of sp³-hybridized carbons (Fsp3) is 0.533. The van der Waals surface area contributed by atoms with Crippen molar-refractivity contribution in [2.75, 3.05) is 13.2 Å². The predicted octanol–water partition coefficient (Wildman–Crippen LogP) is 2.48. The number of hydrogen-bond donors (Lipinski definition) is 0. The van der Waals surface area contributed by atoms with Gasteiger partial charge in [-0.1, -0.05) is 0 Å². The van der Waals surface area contributed by atoms with Crippen molar-refractivity contribution in [1.29, 1.82) is 0 Å². The van der Waals surface area contributed by atoms with Crippen LogP contribution in [0.2, 0.25) is 0 Å². The van der Waals surface area contributed by atoms with Crippen LogP contribution in [0.25, 0.3) is 0 Å². The van der Waals surface area contributed by atoms with Gasteiger partial charge in [0.2, 0.25) is 0 Å². The number of aromatic nitrogens is 1. The molecule has 23 heavy (non-hydrogen) atoms. The largest absolute Gasteiger partial charge is 0.466 e. The summed E-state index contributed by atoms with van der Waals surface area (Å²) in [6.45, 7) is 3.37. The number of esters is 2. The minimum Gasteiger partial charge on any atom is -0.466 e. The lowest BCUT2D eigenvalue weighted by Crippen LogP contribution is -2.29. The Labute approximate surface area is 130 Å². The van der Waals surface area contributed by atoms with Gasteiger partial charge in [-0.2, -0.15) is 13.2 Å². The lowest BCUT2D eigenvalue weighted by molar-refractivity contribution is -0.152. The summed E-state index contributed by atoms with van der Waals surface area (Å²) in [5, 5.41) is 0. The van der Waals surface area contributed by atoms with Gasteiger partial charge in [0.15, 0.2) is 0 Å². The second-order valence-electron chi connectivity index (χ2n) is 5.16. The third-order valence-electron chi connectivity index (χ3n) is 3.75. The van der Waals surface area contributed by atoms with Crippen molar-refractivity contribution in [3.8, 4) is 0 Å². The normalized spacial score (nSPS) is 23.3. The Bertz CT molecular complexity index is 617. The van der Waals surface area contributed by atoms with Crippen LogP contribution in [0.3, 0.4) is 0 Å². The fourth-order valence-corrected chi connectivity index (χ4v) is 2.55. The van der Waals surface area contributed by atoms with Crippen molar-refractivity contribution in [2.45, 2.75) is 31.9 Å².